The van der Waals surface area contributed by atoms with Crippen LogP contribution in [0.2, 0.25) is 0 Å². The number of carbonyl (C=O) groups excluding carboxylic acids is 1. The molecule has 2 unspecified atom stereocenters. The van der Waals surface area contributed by atoms with Crippen molar-refractivity contribution in [1.82, 2.24) is 4.90 Å². The van der Waals surface area contributed by atoms with Crippen molar-refractivity contribution >= 4 is 11.9 Å². The highest BCUT2D eigenvalue weighted by Crippen LogP contribution is 2.54. The van der Waals surface area contributed by atoms with E-state index in [1.54, 1.807) is 12.0 Å². The van der Waals surface area contributed by atoms with Crippen molar-refractivity contribution in [2.24, 2.45) is 22.6 Å². The highest BCUT2D eigenvalue weighted by atomic mass is 16.5. The summed E-state index contributed by atoms with van der Waals surface area (Å²) >= 11 is 0. The Labute approximate surface area is 182 Å². The van der Waals surface area contributed by atoms with Gasteiger partial charge in [0.1, 0.15) is 0 Å². The molecular weight excluding hydrogens is 388 g/mol. The molecule has 2 N–H and O–H groups in total. The average molecular weight is 415 g/mol. The molecule has 31 heavy (non-hydrogen) atoms. The number of nitriles is 1. The Hall–Kier alpha value is -3.17. The van der Waals surface area contributed by atoms with Crippen molar-refractivity contribution in [3.05, 3.63) is 70.8 Å². The molecule has 1 fully saturated rings. The van der Waals surface area contributed by atoms with E-state index in [1.807, 2.05) is 48.5 Å². The summed E-state index contributed by atoms with van der Waals surface area (Å²) in [4.78, 5) is 20.6. The van der Waals surface area contributed by atoms with Crippen LogP contribution >= 0.6 is 0 Å². The van der Waals surface area contributed by atoms with Gasteiger partial charge < -0.3 is 10.5 Å². The Kier molecular flexibility index (Phi) is 4.79. The van der Waals surface area contributed by atoms with E-state index in [1.165, 1.54) is 0 Å². The van der Waals surface area contributed by atoms with Gasteiger partial charge in [0.2, 0.25) is 0 Å². The van der Waals surface area contributed by atoms with Gasteiger partial charge in [-0.2, -0.15) is 5.26 Å². The van der Waals surface area contributed by atoms with Gasteiger partial charge in [0.15, 0.2) is 11.5 Å². The van der Waals surface area contributed by atoms with Crippen LogP contribution in [0.4, 0.5) is 0 Å². The number of carbonyl (C=O) groups is 1. The number of fused-ring (bicyclic) bond motifs is 4. The zero-order valence-corrected chi connectivity index (χ0v) is 17.6. The third-order valence-electron chi connectivity index (χ3n) is 7.27. The summed E-state index contributed by atoms with van der Waals surface area (Å²) in [5, 5.41) is 9.52. The first-order chi connectivity index (χ1) is 15.1. The van der Waals surface area contributed by atoms with E-state index in [2.05, 4.69) is 6.07 Å². The number of guanidine groups is 1. The Morgan fingerprint density at radius 2 is 2.06 bits per heavy atom. The molecule has 1 heterocycles. The maximum Gasteiger partial charge on any atom is 0.262 e. The van der Waals surface area contributed by atoms with Gasteiger partial charge in [0.25, 0.3) is 5.91 Å². The largest absolute Gasteiger partial charge is 0.381 e. The third kappa shape index (κ3) is 3.03. The van der Waals surface area contributed by atoms with E-state index in [0.717, 1.165) is 42.4 Å². The molecule has 158 valence electrons. The van der Waals surface area contributed by atoms with Crippen LogP contribution in [-0.2, 0) is 28.0 Å². The van der Waals surface area contributed by atoms with Gasteiger partial charge >= 0.3 is 0 Å². The van der Waals surface area contributed by atoms with E-state index < -0.39 is 5.54 Å². The zero-order chi connectivity index (χ0) is 21.6. The topological polar surface area (TPSA) is 91.7 Å². The lowest BCUT2D eigenvalue weighted by molar-refractivity contribution is -0.137. The van der Waals surface area contributed by atoms with Crippen LogP contribution in [0.5, 0.6) is 0 Å². The molecular formula is C25H26N4O2. The molecule has 1 amide bonds. The minimum atomic E-state index is -1.08. The molecule has 0 radical (unpaired) electrons. The van der Waals surface area contributed by atoms with Gasteiger partial charge in [-0.05, 0) is 60.4 Å². The van der Waals surface area contributed by atoms with Crippen LogP contribution in [0.1, 0.15) is 41.5 Å². The molecule has 0 bridgehead atoms. The molecule has 3 aliphatic rings. The number of methoxy groups -OCH3 is 1. The first-order valence-electron chi connectivity index (χ1n) is 10.8. The second kappa shape index (κ2) is 7.51. The lowest BCUT2D eigenvalue weighted by Gasteiger charge is -2.48. The van der Waals surface area contributed by atoms with Crippen LogP contribution in [0, 0.1) is 23.2 Å². The van der Waals surface area contributed by atoms with Crippen LogP contribution in [0.15, 0.2) is 53.5 Å². The smallest absolute Gasteiger partial charge is 0.262 e. The molecule has 0 aromatic heterocycles. The van der Waals surface area contributed by atoms with Gasteiger partial charge in [-0.1, -0.05) is 36.4 Å². The van der Waals surface area contributed by atoms with E-state index in [-0.39, 0.29) is 23.9 Å². The number of ether oxygens (including phenoxy) is 1. The van der Waals surface area contributed by atoms with Crippen molar-refractivity contribution in [2.45, 2.75) is 43.9 Å². The van der Waals surface area contributed by atoms with Crippen LogP contribution in [-0.4, -0.2) is 30.0 Å². The summed E-state index contributed by atoms with van der Waals surface area (Å²) < 4.78 is 5.70. The predicted octanol–water partition coefficient (Wildman–Crippen LogP) is 3.10. The molecule has 2 aromatic rings. The fourth-order valence-electron chi connectivity index (χ4n) is 5.76. The average Bonchev–Trinajstić information content (AvgIpc) is 3.05. The van der Waals surface area contributed by atoms with E-state index in [0.29, 0.717) is 18.0 Å². The number of hydrogen-bond donors (Lipinski definition) is 1. The number of hydrogen-bond acceptors (Lipinski definition) is 5. The normalized spacial score (nSPS) is 29.3. The van der Waals surface area contributed by atoms with Gasteiger partial charge in [0, 0.05) is 13.0 Å². The molecule has 1 saturated carbocycles. The molecule has 0 saturated heterocycles. The van der Waals surface area contributed by atoms with Gasteiger partial charge in [-0.25, -0.2) is 4.99 Å². The van der Waals surface area contributed by atoms with Crippen molar-refractivity contribution in [2.75, 3.05) is 7.11 Å². The first-order valence-corrected chi connectivity index (χ1v) is 10.8. The quantitative estimate of drug-likeness (QED) is 0.835. The molecule has 1 aliphatic heterocycles. The molecule has 6 nitrogen and oxygen atoms in total. The standard InChI is InChI=1S/C25H26N4O2/c1-31-20-10-9-19-12-18-8-7-17(14-26)11-21(18)25(22(19)13-20)23(30)29(24(27)28-25)15-16-5-3-2-4-6-16/h2-8,11,19-20,22H,9-10,12-13,15H2,1H3,(H2,27,28)/t19-,20-,22?,25?/m0/s1. The fraction of sp³-hybridized carbons (Fsp3) is 0.400. The lowest BCUT2D eigenvalue weighted by Crippen LogP contribution is -2.53. The summed E-state index contributed by atoms with van der Waals surface area (Å²) in [5.41, 5.74) is 8.80. The number of aliphatic imine (C=N–C) groups is 1. The zero-order valence-electron chi connectivity index (χ0n) is 17.6. The van der Waals surface area contributed by atoms with Gasteiger partial charge in [0.05, 0.1) is 24.3 Å². The van der Waals surface area contributed by atoms with E-state index in [4.69, 9.17) is 15.5 Å². The summed E-state index contributed by atoms with van der Waals surface area (Å²) in [6.45, 7) is 0.384. The SMILES string of the molecule is CO[C@H]1CC[C@H]2Cc3ccc(C#N)cc3C3(N=C(N)N(Cc4ccccc4)C3=O)C2C1. The summed E-state index contributed by atoms with van der Waals surface area (Å²) in [5.74, 6) is 0.502. The minimum absolute atomic E-state index is 0.000494. The minimum Gasteiger partial charge on any atom is -0.381 e. The van der Waals surface area contributed by atoms with E-state index in [9.17, 15) is 10.1 Å². The monoisotopic (exact) mass is 414 g/mol. The molecule has 5 rings (SSSR count). The molecule has 1 spiro atoms. The predicted molar refractivity (Wildman–Crippen MR) is 117 cm³/mol. The lowest BCUT2D eigenvalue weighted by atomic mass is 9.58. The summed E-state index contributed by atoms with van der Waals surface area (Å²) in [7, 11) is 1.73. The molecule has 2 aliphatic carbocycles. The second-order valence-corrected chi connectivity index (χ2v) is 8.84. The number of amides is 1. The van der Waals surface area contributed by atoms with E-state index >= 15 is 0 Å². The molecule has 6 heteroatoms. The van der Waals surface area contributed by atoms with Gasteiger partial charge in [-0.3, -0.25) is 9.69 Å². The summed E-state index contributed by atoms with van der Waals surface area (Å²) in [6.07, 6.45) is 3.74. The number of rotatable bonds is 3. The highest BCUT2D eigenvalue weighted by molar-refractivity contribution is 6.07. The van der Waals surface area contributed by atoms with Crippen molar-refractivity contribution in [3.63, 3.8) is 0 Å². The Balaban J connectivity index is 1.64. The Morgan fingerprint density at radius 1 is 1.26 bits per heavy atom. The Bertz CT molecular complexity index is 1090. The number of nitrogens with zero attached hydrogens (tertiary/aromatic N) is 3. The fourth-order valence-corrected chi connectivity index (χ4v) is 5.76. The molecule has 2 aromatic carbocycles. The first kappa shape index (κ1) is 19.8. The maximum atomic E-state index is 14.1. The van der Waals surface area contributed by atoms with Crippen molar-refractivity contribution < 1.29 is 9.53 Å². The summed E-state index contributed by atoms with van der Waals surface area (Å²) in [6, 6.07) is 17.7. The molecule has 4 atom stereocenters. The van der Waals surface area contributed by atoms with Crippen molar-refractivity contribution in [1.29, 1.82) is 5.26 Å². The van der Waals surface area contributed by atoms with Crippen LogP contribution in [0.25, 0.3) is 0 Å². The highest BCUT2D eigenvalue weighted by Gasteiger charge is 2.60. The number of nitrogens with two attached hydrogens (primary N) is 1. The van der Waals surface area contributed by atoms with Crippen LogP contribution < -0.4 is 5.73 Å². The number of benzene rings is 2. The van der Waals surface area contributed by atoms with Gasteiger partial charge in [-0.15, -0.1) is 0 Å². The van der Waals surface area contributed by atoms with Crippen LogP contribution in [0.3, 0.4) is 0 Å². The van der Waals surface area contributed by atoms with Crippen molar-refractivity contribution in [3.8, 4) is 6.07 Å². The third-order valence-corrected chi connectivity index (χ3v) is 7.27. The second-order valence-electron chi connectivity index (χ2n) is 8.84. The Morgan fingerprint density at radius 3 is 2.81 bits per heavy atom. The maximum absolute atomic E-state index is 14.1.